The number of nitrogens with one attached hydrogen (secondary N) is 1. The first-order chi connectivity index (χ1) is 16.5. The summed E-state index contributed by atoms with van der Waals surface area (Å²) < 4.78 is 6.13. The van der Waals surface area contributed by atoms with Crippen LogP contribution in [0.5, 0.6) is 5.75 Å². The SMILES string of the molecule is Cc1cc(NC(=O)C(Oc2cccc(CN)c2)c2ccccc2)ccc1N1CCCCCC1=O. The van der Waals surface area contributed by atoms with E-state index in [1.54, 1.807) is 0 Å². The van der Waals surface area contributed by atoms with Crippen LogP contribution in [0.3, 0.4) is 0 Å². The van der Waals surface area contributed by atoms with Crippen LogP contribution >= 0.6 is 0 Å². The van der Waals surface area contributed by atoms with Gasteiger partial charge in [0.05, 0.1) is 0 Å². The number of aryl methyl sites for hydroxylation is 1. The van der Waals surface area contributed by atoms with E-state index in [-0.39, 0.29) is 11.8 Å². The molecular formula is C28H31N3O3. The van der Waals surface area contributed by atoms with Gasteiger partial charge >= 0.3 is 0 Å². The average Bonchev–Trinajstić information content (AvgIpc) is 3.07. The second-order valence-corrected chi connectivity index (χ2v) is 8.61. The van der Waals surface area contributed by atoms with E-state index in [0.29, 0.717) is 24.4 Å². The van der Waals surface area contributed by atoms with Gasteiger partial charge in [0.25, 0.3) is 5.91 Å². The number of hydrogen-bond acceptors (Lipinski definition) is 4. The van der Waals surface area contributed by atoms with Gasteiger partial charge in [0, 0.05) is 36.4 Å². The van der Waals surface area contributed by atoms with Crippen LogP contribution in [0.15, 0.2) is 72.8 Å². The van der Waals surface area contributed by atoms with Crippen molar-refractivity contribution >= 4 is 23.2 Å². The second-order valence-electron chi connectivity index (χ2n) is 8.61. The fourth-order valence-corrected chi connectivity index (χ4v) is 4.26. The number of carbonyl (C=O) groups is 2. The number of carbonyl (C=O) groups excluding carboxylic acids is 2. The molecule has 3 N–H and O–H groups in total. The van der Waals surface area contributed by atoms with Crippen molar-refractivity contribution in [3.8, 4) is 5.75 Å². The normalized spacial score (nSPS) is 14.9. The molecule has 3 aromatic rings. The summed E-state index contributed by atoms with van der Waals surface area (Å²) in [7, 11) is 0. The van der Waals surface area contributed by atoms with Gasteiger partial charge in [-0.3, -0.25) is 9.59 Å². The highest BCUT2D eigenvalue weighted by Crippen LogP contribution is 2.29. The molecule has 1 aliphatic rings. The van der Waals surface area contributed by atoms with Crippen molar-refractivity contribution in [1.29, 1.82) is 0 Å². The van der Waals surface area contributed by atoms with E-state index in [2.05, 4.69) is 5.32 Å². The van der Waals surface area contributed by atoms with Crippen LogP contribution in [0.25, 0.3) is 0 Å². The maximum absolute atomic E-state index is 13.3. The monoisotopic (exact) mass is 457 g/mol. The maximum atomic E-state index is 13.3. The van der Waals surface area contributed by atoms with E-state index in [0.717, 1.165) is 48.2 Å². The molecule has 1 unspecified atom stereocenters. The van der Waals surface area contributed by atoms with Crippen LogP contribution < -0.4 is 20.7 Å². The van der Waals surface area contributed by atoms with Crippen LogP contribution in [0.4, 0.5) is 11.4 Å². The minimum absolute atomic E-state index is 0.162. The van der Waals surface area contributed by atoms with Gasteiger partial charge in [-0.15, -0.1) is 0 Å². The summed E-state index contributed by atoms with van der Waals surface area (Å²) >= 11 is 0. The molecule has 1 atom stereocenters. The first kappa shape index (κ1) is 23.5. The van der Waals surface area contributed by atoms with E-state index in [9.17, 15) is 9.59 Å². The van der Waals surface area contributed by atoms with E-state index in [1.165, 1.54) is 0 Å². The molecule has 1 saturated heterocycles. The molecule has 2 amide bonds. The van der Waals surface area contributed by atoms with E-state index >= 15 is 0 Å². The Balaban J connectivity index is 1.55. The fraction of sp³-hybridized carbons (Fsp3) is 0.286. The number of rotatable bonds is 7. The minimum Gasteiger partial charge on any atom is -0.476 e. The summed E-state index contributed by atoms with van der Waals surface area (Å²) in [6.07, 6.45) is 2.77. The molecule has 4 rings (SSSR count). The lowest BCUT2D eigenvalue weighted by molar-refractivity contribution is -0.123. The van der Waals surface area contributed by atoms with Crippen molar-refractivity contribution in [2.24, 2.45) is 5.73 Å². The van der Waals surface area contributed by atoms with Crippen LogP contribution in [-0.4, -0.2) is 18.4 Å². The van der Waals surface area contributed by atoms with Crippen LogP contribution in [0.1, 0.15) is 48.5 Å². The van der Waals surface area contributed by atoms with Gasteiger partial charge in [-0.2, -0.15) is 0 Å². The van der Waals surface area contributed by atoms with Crippen LogP contribution in [0.2, 0.25) is 0 Å². The number of ether oxygens (including phenoxy) is 1. The van der Waals surface area contributed by atoms with Gasteiger partial charge < -0.3 is 20.7 Å². The highest BCUT2D eigenvalue weighted by Gasteiger charge is 2.24. The van der Waals surface area contributed by atoms with Crippen molar-refractivity contribution in [1.82, 2.24) is 0 Å². The Morgan fingerprint density at radius 1 is 1.03 bits per heavy atom. The minimum atomic E-state index is -0.832. The van der Waals surface area contributed by atoms with Gasteiger partial charge in [-0.1, -0.05) is 48.9 Å². The molecule has 0 aromatic heterocycles. The van der Waals surface area contributed by atoms with Crippen molar-refractivity contribution in [3.05, 3.63) is 89.5 Å². The zero-order chi connectivity index (χ0) is 23.9. The number of amides is 2. The Labute approximate surface area is 200 Å². The van der Waals surface area contributed by atoms with Gasteiger partial charge in [-0.25, -0.2) is 0 Å². The fourth-order valence-electron chi connectivity index (χ4n) is 4.26. The summed E-state index contributed by atoms with van der Waals surface area (Å²) in [5.74, 6) is 0.468. The summed E-state index contributed by atoms with van der Waals surface area (Å²) in [4.78, 5) is 27.7. The highest BCUT2D eigenvalue weighted by molar-refractivity contribution is 5.97. The summed E-state index contributed by atoms with van der Waals surface area (Å²) in [5.41, 5.74) is 9.95. The summed E-state index contributed by atoms with van der Waals surface area (Å²) in [5, 5.41) is 2.99. The lowest BCUT2D eigenvalue weighted by Crippen LogP contribution is -2.30. The Bertz CT molecular complexity index is 1150. The van der Waals surface area contributed by atoms with Crippen LogP contribution in [-0.2, 0) is 16.1 Å². The molecule has 1 fully saturated rings. The Morgan fingerprint density at radius 3 is 2.62 bits per heavy atom. The van der Waals surface area contributed by atoms with Crippen molar-refractivity contribution in [3.63, 3.8) is 0 Å². The van der Waals surface area contributed by atoms with Gasteiger partial charge in [0.1, 0.15) is 5.75 Å². The molecular weight excluding hydrogens is 426 g/mol. The lowest BCUT2D eigenvalue weighted by Gasteiger charge is -2.24. The average molecular weight is 458 g/mol. The van der Waals surface area contributed by atoms with E-state index < -0.39 is 6.10 Å². The smallest absolute Gasteiger partial charge is 0.270 e. The third-order valence-electron chi connectivity index (χ3n) is 6.06. The summed E-state index contributed by atoms with van der Waals surface area (Å²) in [6, 6.07) is 22.5. The Kier molecular flexibility index (Phi) is 7.60. The number of nitrogens with zero attached hydrogens (tertiary/aromatic N) is 1. The highest BCUT2D eigenvalue weighted by atomic mass is 16.5. The lowest BCUT2D eigenvalue weighted by atomic mass is 10.1. The molecule has 3 aromatic carbocycles. The van der Waals surface area contributed by atoms with Crippen molar-refractivity contribution < 1.29 is 14.3 Å². The van der Waals surface area contributed by atoms with Crippen LogP contribution in [0, 0.1) is 6.92 Å². The Morgan fingerprint density at radius 2 is 1.85 bits per heavy atom. The van der Waals surface area contributed by atoms with Crippen molar-refractivity contribution in [2.75, 3.05) is 16.8 Å². The molecule has 0 saturated carbocycles. The molecule has 1 aliphatic heterocycles. The van der Waals surface area contributed by atoms with Gasteiger partial charge in [-0.05, 0) is 61.2 Å². The third kappa shape index (κ3) is 5.64. The first-order valence-electron chi connectivity index (χ1n) is 11.8. The van der Waals surface area contributed by atoms with E-state index in [1.807, 2.05) is 84.6 Å². The number of benzene rings is 3. The summed E-state index contributed by atoms with van der Waals surface area (Å²) in [6.45, 7) is 3.09. The van der Waals surface area contributed by atoms with Crippen molar-refractivity contribution in [2.45, 2.75) is 45.3 Å². The number of nitrogens with two attached hydrogens (primary N) is 1. The Hall–Kier alpha value is -3.64. The predicted molar refractivity (Wildman–Crippen MR) is 135 cm³/mol. The molecule has 0 bridgehead atoms. The first-order valence-corrected chi connectivity index (χ1v) is 11.8. The van der Waals surface area contributed by atoms with E-state index in [4.69, 9.17) is 10.5 Å². The largest absolute Gasteiger partial charge is 0.476 e. The molecule has 0 radical (unpaired) electrons. The molecule has 0 aliphatic carbocycles. The molecule has 6 heteroatoms. The number of anilines is 2. The molecule has 1 heterocycles. The standard InChI is InChI=1S/C28H31N3O3/c1-20-17-23(14-15-25(20)31-16-7-3-6-13-26(31)32)30-28(33)27(22-10-4-2-5-11-22)34-24-12-8-9-21(18-24)19-29/h2,4-5,8-12,14-15,17-18,27H,3,6-7,13,16,19,29H2,1H3,(H,30,33). The second kappa shape index (κ2) is 11.0. The number of hydrogen-bond donors (Lipinski definition) is 2. The van der Waals surface area contributed by atoms with Gasteiger partial charge in [0.15, 0.2) is 0 Å². The molecule has 176 valence electrons. The molecule has 6 nitrogen and oxygen atoms in total. The zero-order valence-corrected chi connectivity index (χ0v) is 19.5. The molecule has 34 heavy (non-hydrogen) atoms. The molecule has 0 spiro atoms. The third-order valence-corrected chi connectivity index (χ3v) is 6.06. The predicted octanol–water partition coefficient (Wildman–Crippen LogP) is 5.12. The topological polar surface area (TPSA) is 84.7 Å². The quantitative estimate of drug-likeness (QED) is 0.516. The van der Waals surface area contributed by atoms with Gasteiger partial charge in [0.2, 0.25) is 12.0 Å². The maximum Gasteiger partial charge on any atom is 0.270 e. The zero-order valence-electron chi connectivity index (χ0n) is 19.5.